The Labute approximate surface area is 94.4 Å². The zero-order valence-electron chi connectivity index (χ0n) is 9.73. The Morgan fingerprint density at radius 1 is 1.38 bits per heavy atom. The molecule has 0 saturated heterocycles. The van der Waals surface area contributed by atoms with Gasteiger partial charge in [-0.1, -0.05) is 0 Å². The van der Waals surface area contributed by atoms with E-state index in [2.05, 4.69) is 20.3 Å². The van der Waals surface area contributed by atoms with Crippen molar-refractivity contribution in [2.45, 2.75) is 19.9 Å². The van der Waals surface area contributed by atoms with Crippen LogP contribution in [0.1, 0.15) is 13.8 Å². The molecular formula is C9H17N5O2. The number of ether oxygens (including phenoxy) is 2. The average molecular weight is 227 g/mol. The minimum absolute atomic E-state index is 0.0845. The monoisotopic (exact) mass is 227 g/mol. The van der Waals surface area contributed by atoms with Crippen LogP contribution in [-0.4, -0.2) is 41.3 Å². The van der Waals surface area contributed by atoms with Crippen LogP contribution in [-0.2, 0) is 4.74 Å². The SMILES string of the molecule is CCOc1nc(N)nc(NC(C)COC)n1. The van der Waals surface area contributed by atoms with E-state index in [1.54, 1.807) is 7.11 Å². The number of hydrogen-bond donors (Lipinski definition) is 2. The van der Waals surface area contributed by atoms with E-state index in [9.17, 15) is 0 Å². The highest BCUT2D eigenvalue weighted by molar-refractivity contribution is 5.33. The standard InChI is InChI=1S/C9H17N5O2/c1-4-16-9-13-7(10)12-8(14-9)11-6(2)5-15-3/h6H,4-5H2,1-3H3,(H3,10,11,12,13,14). The fourth-order valence-electron chi connectivity index (χ4n) is 1.14. The van der Waals surface area contributed by atoms with Crippen LogP contribution < -0.4 is 15.8 Å². The molecule has 0 spiro atoms. The minimum Gasteiger partial charge on any atom is -0.464 e. The summed E-state index contributed by atoms with van der Waals surface area (Å²) in [5.74, 6) is 0.520. The molecule has 0 amide bonds. The summed E-state index contributed by atoms with van der Waals surface area (Å²) in [5.41, 5.74) is 5.53. The molecule has 0 aliphatic heterocycles. The second-order valence-electron chi connectivity index (χ2n) is 3.23. The topological polar surface area (TPSA) is 95.2 Å². The molecule has 16 heavy (non-hydrogen) atoms. The number of nitrogens with zero attached hydrogens (tertiary/aromatic N) is 3. The van der Waals surface area contributed by atoms with Gasteiger partial charge in [0.15, 0.2) is 0 Å². The lowest BCUT2D eigenvalue weighted by Gasteiger charge is -2.13. The van der Waals surface area contributed by atoms with E-state index in [0.717, 1.165) is 0 Å². The summed E-state index contributed by atoms with van der Waals surface area (Å²) in [7, 11) is 1.63. The van der Waals surface area contributed by atoms with Crippen LogP contribution in [0, 0.1) is 0 Å². The maximum atomic E-state index is 5.53. The molecule has 1 atom stereocenters. The maximum absolute atomic E-state index is 5.53. The van der Waals surface area contributed by atoms with Crippen LogP contribution in [0.25, 0.3) is 0 Å². The molecule has 0 aromatic carbocycles. The summed E-state index contributed by atoms with van der Waals surface area (Å²) < 4.78 is 10.1. The minimum atomic E-state index is 0.0845. The van der Waals surface area contributed by atoms with Gasteiger partial charge in [-0.05, 0) is 13.8 Å². The highest BCUT2D eigenvalue weighted by Crippen LogP contribution is 2.09. The number of nitrogens with two attached hydrogens (primary N) is 1. The van der Waals surface area contributed by atoms with Gasteiger partial charge in [0.1, 0.15) is 0 Å². The Bertz CT molecular complexity index is 334. The van der Waals surface area contributed by atoms with E-state index >= 15 is 0 Å². The van der Waals surface area contributed by atoms with Gasteiger partial charge in [-0.2, -0.15) is 15.0 Å². The van der Waals surface area contributed by atoms with Gasteiger partial charge in [0.05, 0.1) is 13.2 Å². The molecule has 0 aliphatic carbocycles. The Morgan fingerprint density at radius 3 is 2.75 bits per heavy atom. The highest BCUT2D eigenvalue weighted by atomic mass is 16.5. The van der Waals surface area contributed by atoms with Gasteiger partial charge in [0.25, 0.3) is 0 Å². The fourth-order valence-corrected chi connectivity index (χ4v) is 1.14. The van der Waals surface area contributed by atoms with Crippen LogP contribution in [0.15, 0.2) is 0 Å². The molecule has 7 nitrogen and oxygen atoms in total. The third-order valence-electron chi connectivity index (χ3n) is 1.70. The Kier molecular flexibility index (Phi) is 4.71. The number of rotatable bonds is 6. The van der Waals surface area contributed by atoms with E-state index in [4.69, 9.17) is 15.2 Å². The number of hydrogen-bond acceptors (Lipinski definition) is 7. The van der Waals surface area contributed by atoms with E-state index < -0.39 is 0 Å². The molecule has 1 rings (SSSR count). The predicted molar refractivity (Wildman–Crippen MR) is 60.4 cm³/mol. The van der Waals surface area contributed by atoms with Crippen LogP contribution in [0.4, 0.5) is 11.9 Å². The van der Waals surface area contributed by atoms with Crippen molar-refractivity contribution in [3.8, 4) is 6.01 Å². The summed E-state index contributed by atoms with van der Waals surface area (Å²) in [4.78, 5) is 11.8. The molecule has 0 saturated carbocycles. The maximum Gasteiger partial charge on any atom is 0.323 e. The molecule has 7 heteroatoms. The largest absolute Gasteiger partial charge is 0.464 e. The Balaban J connectivity index is 2.71. The molecule has 0 fully saturated rings. The fraction of sp³-hybridized carbons (Fsp3) is 0.667. The number of aromatic nitrogens is 3. The van der Waals surface area contributed by atoms with E-state index in [-0.39, 0.29) is 18.0 Å². The van der Waals surface area contributed by atoms with Crippen molar-refractivity contribution in [3.63, 3.8) is 0 Å². The number of anilines is 2. The lowest BCUT2D eigenvalue weighted by atomic mass is 10.4. The second-order valence-corrected chi connectivity index (χ2v) is 3.23. The lowest BCUT2D eigenvalue weighted by molar-refractivity contribution is 0.190. The molecule has 0 bridgehead atoms. The zero-order chi connectivity index (χ0) is 12.0. The van der Waals surface area contributed by atoms with Gasteiger partial charge in [0, 0.05) is 13.2 Å². The van der Waals surface area contributed by atoms with E-state index in [1.807, 2.05) is 13.8 Å². The lowest BCUT2D eigenvalue weighted by Crippen LogP contribution is -2.22. The molecule has 1 unspecified atom stereocenters. The molecule has 1 heterocycles. The van der Waals surface area contributed by atoms with Crippen LogP contribution in [0.5, 0.6) is 6.01 Å². The number of nitrogen functional groups attached to an aromatic ring is 1. The highest BCUT2D eigenvalue weighted by Gasteiger charge is 2.07. The van der Waals surface area contributed by atoms with Crippen LogP contribution in [0.3, 0.4) is 0 Å². The third-order valence-corrected chi connectivity index (χ3v) is 1.70. The molecule has 3 N–H and O–H groups in total. The number of methoxy groups -OCH3 is 1. The first-order valence-electron chi connectivity index (χ1n) is 5.05. The van der Waals surface area contributed by atoms with Gasteiger partial charge in [0.2, 0.25) is 11.9 Å². The van der Waals surface area contributed by atoms with Crippen molar-refractivity contribution in [2.75, 3.05) is 31.4 Å². The average Bonchev–Trinajstić information content (AvgIpc) is 2.17. The van der Waals surface area contributed by atoms with Gasteiger partial charge in [-0.3, -0.25) is 0 Å². The van der Waals surface area contributed by atoms with Gasteiger partial charge < -0.3 is 20.5 Å². The van der Waals surface area contributed by atoms with Gasteiger partial charge in [-0.25, -0.2) is 0 Å². The first-order valence-corrected chi connectivity index (χ1v) is 5.05. The summed E-state index contributed by atoms with van der Waals surface area (Å²) in [6.45, 7) is 4.83. The summed E-state index contributed by atoms with van der Waals surface area (Å²) >= 11 is 0. The molecule has 1 aromatic heterocycles. The predicted octanol–water partition coefficient (Wildman–Crippen LogP) is 0.299. The summed E-state index contributed by atoms with van der Waals surface area (Å²) in [6, 6.07) is 0.309. The zero-order valence-corrected chi connectivity index (χ0v) is 9.73. The normalized spacial score (nSPS) is 12.2. The Hall–Kier alpha value is -1.63. The van der Waals surface area contributed by atoms with Crippen molar-refractivity contribution < 1.29 is 9.47 Å². The molecule has 0 aliphatic rings. The van der Waals surface area contributed by atoms with Gasteiger partial charge >= 0.3 is 6.01 Å². The second kappa shape index (κ2) is 6.06. The summed E-state index contributed by atoms with van der Waals surface area (Å²) in [6.07, 6.45) is 0. The van der Waals surface area contributed by atoms with Crippen molar-refractivity contribution in [1.29, 1.82) is 0 Å². The molecule has 0 radical (unpaired) electrons. The van der Waals surface area contributed by atoms with Crippen molar-refractivity contribution in [3.05, 3.63) is 0 Å². The number of nitrogens with one attached hydrogen (secondary N) is 1. The Morgan fingerprint density at radius 2 is 2.12 bits per heavy atom. The van der Waals surface area contributed by atoms with E-state index in [1.165, 1.54) is 0 Å². The molecular weight excluding hydrogens is 210 g/mol. The van der Waals surface area contributed by atoms with Gasteiger partial charge in [-0.15, -0.1) is 0 Å². The first kappa shape index (κ1) is 12.4. The quantitative estimate of drug-likeness (QED) is 0.721. The summed E-state index contributed by atoms with van der Waals surface area (Å²) in [5, 5.41) is 3.04. The molecule has 1 aromatic rings. The van der Waals surface area contributed by atoms with Crippen molar-refractivity contribution in [1.82, 2.24) is 15.0 Å². The van der Waals surface area contributed by atoms with E-state index in [0.29, 0.717) is 19.2 Å². The first-order chi connectivity index (χ1) is 7.65. The smallest absolute Gasteiger partial charge is 0.323 e. The molecule has 90 valence electrons. The van der Waals surface area contributed by atoms with Crippen molar-refractivity contribution in [2.24, 2.45) is 0 Å². The van der Waals surface area contributed by atoms with Crippen LogP contribution in [0.2, 0.25) is 0 Å². The van der Waals surface area contributed by atoms with Crippen LogP contribution >= 0.6 is 0 Å². The van der Waals surface area contributed by atoms with Crippen molar-refractivity contribution >= 4 is 11.9 Å². The third kappa shape index (κ3) is 3.85.